The van der Waals surface area contributed by atoms with Crippen LogP contribution in [0.3, 0.4) is 0 Å². The summed E-state index contributed by atoms with van der Waals surface area (Å²) in [4.78, 5) is 30.6. The lowest BCUT2D eigenvalue weighted by Gasteiger charge is -2.28. The van der Waals surface area contributed by atoms with Crippen molar-refractivity contribution in [2.75, 3.05) is 39.4 Å². The molecule has 1 aromatic heterocycles. The van der Waals surface area contributed by atoms with Gasteiger partial charge in [-0.1, -0.05) is 6.07 Å². The van der Waals surface area contributed by atoms with E-state index in [4.69, 9.17) is 9.47 Å². The van der Waals surface area contributed by atoms with E-state index in [0.29, 0.717) is 60.3 Å². The molecular weight excluding hydrogens is 460 g/mol. The second-order valence-electron chi connectivity index (χ2n) is 9.28. The number of hydrogen-bond acceptors (Lipinski definition) is 7. The molecule has 2 saturated heterocycles. The van der Waals surface area contributed by atoms with E-state index in [9.17, 15) is 14.7 Å². The van der Waals surface area contributed by atoms with Gasteiger partial charge in [0.2, 0.25) is 0 Å². The van der Waals surface area contributed by atoms with Crippen LogP contribution >= 0.6 is 0 Å². The number of amides is 1. The van der Waals surface area contributed by atoms with Gasteiger partial charge in [0.05, 0.1) is 36.1 Å². The molecule has 1 amide bonds. The van der Waals surface area contributed by atoms with Crippen molar-refractivity contribution in [3.63, 3.8) is 0 Å². The minimum Gasteiger partial charge on any atom is -0.507 e. The second kappa shape index (κ2) is 10.7. The monoisotopic (exact) mass is 496 g/mol. The van der Waals surface area contributed by atoms with Crippen molar-refractivity contribution in [3.8, 4) is 11.5 Å². The lowest BCUT2D eigenvalue weighted by Crippen LogP contribution is -2.37. The van der Waals surface area contributed by atoms with Crippen LogP contribution in [0.4, 0.5) is 0 Å². The van der Waals surface area contributed by atoms with E-state index in [-0.39, 0.29) is 11.3 Å². The van der Waals surface area contributed by atoms with Crippen molar-refractivity contribution in [3.05, 3.63) is 46.3 Å². The molecule has 4 rings (SSSR count). The van der Waals surface area contributed by atoms with Crippen molar-refractivity contribution in [1.29, 1.82) is 0 Å². The Bertz CT molecular complexity index is 1180. The zero-order chi connectivity index (χ0) is 26.0. The van der Waals surface area contributed by atoms with Gasteiger partial charge in [-0.3, -0.25) is 14.3 Å². The van der Waals surface area contributed by atoms with Gasteiger partial charge >= 0.3 is 0 Å². The van der Waals surface area contributed by atoms with E-state index < -0.39 is 17.7 Å². The predicted molar refractivity (Wildman–Crippen MR) is 136 cm³/mol. The highest BCUT2D eigenvalue weighted by atomic mass is 16.5. The summed E-state index contributed by atoms with van der Waals surface area (Å²) in [5.74, 6) is -0.357. The first-order valence-electron chi connectivity index (χ1n) is 12.7. The molecule has 2 aromatic rings. The zero-order valence-electron chi connectivity index (χ0n) is 21.8. The van der Waals surface area contributed by atoms with Crippen molar-refractivity contribution in [2.45, 2.75) is 46.6 Å². The molecule has 2 fully saturated rings. The molecule has 2 aliphatic rings. The summed E-state index contributed by atoms with van der Waals surface area (Å²) in [5, 5.41) is 15.9. The molecule has 9 nitrogen and oxygen atoms in total. The Morgan fingerprint density at radius 3 is 2.33 bits per heavy atom. The molecule has 1 aromatic carbocycles. The first-order chi connectivity index (χ1) is 17.3. The molecule has 0 aliphatic carbocycles. The van der Waals surface area contributed by atoms with Crippen molar-refractivity contribution in [1.82, 2.24) is 19.6 Å². The number of carbonyl (C=O) groups is 2. The van der Waals surface area contributed by atoms with Gasteiger partial charge in [-0.05, 0) is 71.3 Å². The average Bonchev–Trinajstić information content (AvgIpc) is 3.52. The number of aliphatic hydroxyl groups excluding tert-OH is 1. The molecule has 0 radical (unpaired) electrons. The maximum Gasteiger partial charge on any atom is 0.295 e. The van der Waals surface area contributed by atoms with Crippen molar-refractivity contribution >= 4 is 17.4 Å². The van der Waals surface area contributed by atoms with Gasteiger partial charge in [0.25, 0.3) is 11.7 Å². The maximum atomic E-state index is 13.4. The van der Waals surface area contributed by atoms with Gasteiger partial charge in [0.1, 0.15) is 5.76 Å². The van der Waals surface area contributed by atoms with Crippen molar-refractivity contribution in [2.24, 2.45) is 7.05 Å². The molecule has 0 bridgehead atoms. The highest BCUT2D eigenvalue weighted by Gasteiger charge is 2.46. The van der Waals surface area contributed by atoms with Crippen LogP contribution in [-0.2, 0) is 16.6 Å². The molecule has 194 valence electrons. The number of hydrogen-bond donors (Lipinski definition) is 1. The molecule has 2 aliphatic heterocycles. The third kappa shape index (κ3) is 4.72. The fraction of sp³-hybridized carbons (Fsp3) is 0.519. The van der Waals surface area contributed by atoms with Crippen LogP contribution in [0.2, 0.25) is 0 Å². The number of carbonyl (C=O) groups excluding carboxylic acids is 2. The first-order valence-corrected chi connectivity index (χ1v) is 12.7. The summed E-state index contributed by atoms with van der Waals surface area (Å²) in [7, 11) is 1.78. The van der Waals surface area contributed by atoms with Crippen LogP contribution < -0.4 is 9.47 Å². The number of likely N-dealkylation sites (tertiary alicyclic amines) is 2. The summed E-state index contributed by atoms with van der Waals surface area (Å²) in [6, 6.07) is 4.69. The summed E-state index contributed by atoms with van der Waals surface area (Å²) in [6.45, 7) is 11.3. The molecule has 0 spiro atoms. The van der Waals surface area contributed by atoms with Crippen LogP contribution in [0.5, 0.6) is 11.5 Å². The lowest BCUT2D eigenvalue weighted by atomic mass is 9.94. The third-order valence-electron chi connectivity index (χ3n) is 7.02. The Hall–Kier alpha value is -3.33. The van der Waals surface area contributed by atoms with E-state index in [1.807, 2.05) is 32.9 Å². The standard InChI is InChI=1S/C27H36N4O5/c1-6-35-20-11-10-19(16-21(20)36-7-2)24-23(25(32)22-17(3)28-29(5)18(22)4)26(33)27(34)31(24)15-14-30-12-8-9-13-30/h10-11,16,24,32H,6-9,12-15H2,1-5H3/b25-23+. The normalized spacial score (nSPS) is 19.9. The third-order valence-corrected chi connectivity index (χ3v) is 7.02. The molecule has 1 atom stereocenters. The number of benzene rings is 1. The Labute approximate surface area is 212 Å². The van der Waals surface area contributed by atoms with E-state index in [0.717, 1.165) is 25.9 Å². The molecule has 1 unspecified atom stereocenters. The first kappa shape index (κ1) is 25.8. The fourth-order valence-electron chi connectivity index (χ4n) is 5.20. The number of aliphatic hydroxyl groups is 1. The van der Waals surface area contributed by atoms with Gasteiger partial charge in [0, 0.05) is 25.8 Å². The summed E-state index contributed by atoms with van der Waals surface area (Å²) >= 11 is 0. The van der Waals surface area contributed by atoms with Crippen LogP contribution in [0.1, 0.15) is 55.2 Å². The van der Waals surface area contributed by atoms with E-state index >= 15 is 0 Å². The van der Waals surface area contributed by atoms with E-state index in [2.05, 4.69) is 10.00 Å². The number of aryl methyl sites for hydroxylation is 2. The zero-order valence-corrected chi connectivity index (χ0v) is 21.8. The minimum absolute atomic E-state index is 0.0761. The topological polar surface area (TPSA) is 97.1 Å². The minimum atomic E-state index is -0.749. The average molecular weight is 497 g/mol. The van der Waals surface area contributed by atoms with Gasteiger partial charge in [-0.25, -0.2) is 0 Å². The highest BCUT2D eigenvalue weighted by Crippen LogP contribution is 2.42. The summed E-state index contributed by atoms with van der Waals surface area (Å²) in [5.41, 5.74) is 2.55. The number of Topliss-reactive ketones (excluding diaryl/α,β-unsaturated/α-hetero) is 1. The summed E-state index contributed by atoms with van der Waals surface area (Å²) in [6.07, 6.45) is 2.27. The van der Waals surface area contributed by atoms with Crippen molar-refractivity contribution < 1.29 is 24.2 Å². The number of rotatable bonds is 9. The Morgan fingerprint density at radius 2 is 1.72 bits per heavy atom. The number of ether oxygens (including phenoxy) is 2. The van der Waals surface area contributed by atoms with Gasteiger partial charge in [0.15, 0.2) is 11.5 Å². The van der Waals surface area contributed by atoms with Gasteiger partial charge < -0.3 is 24.4 Å². The molecule has 0 saturated carbocycles. The predicted octanol–water partition coefficient (Wildman–Crippen LogP) is 3.35. The molecule has 3 heterocycles. The molecule has 36 heavy (non-hydrogen) atoms. The van der Waals surface area contributed by atoms with Crippen LogP contribution in [-0.4, -0.2) is 75.8 Å². The Balaban J connectivity index is 1.84. The van der Waals surface area contributed by atoms with Crippen LogP contribution in [0.15, 0.2) is 23.8 Å². The van der Waals surface area contributed by atoms with E-state index in [1.165, 1.54) is 0 Å². The van der Waals surface area contributed by atoms with Gasteiger partial charge in [-0.15, -0.1) is 0 Å². The fourth-order valence-corrected chi connectivity index (χ4v) is 5.20. The number of aromatic nitrogens is 2. The number of ketones is 1. The van der Waals surface area contributed by atoms with Gasteiger partial charge in [-0.2, -0.15) is 5.10 Å². The van der Waals surface area contributed by atoms with Crippen LogP contribution in [0.25, 0.3) is 5.76 Å². The smallest absolute Gasteiger partial charge is 0.295 e. The molecule has 1 N–H and O–H groups in total. The lowest BCUT2D eigenvalue weighted by molar-refractivity contribution is -0.140. The summed E-state index contributed by atoms with van der Waals surface area (Å²) < 4.78 is 13.2. The Kier molecular flexibility index (Phi) is 7.68. The Morgan fingerprint density at radius 1 is 1.06 bits per heavy atom. The molecular formula is C27H36N4O5. The maximum absolute atomic E-state index is 13.4. The molecule has 9 heteroatoms. The quantitative estimate of drug-likeness (QED) is 0.323. The second-order valence-corrected chi connectivity index (χ2v) is 9.28. The highest BCUT2D eigenvalue weighted by molar-refractivity contribution is 6.46. The van der Waals surface area contributed by atoms with Crippen LogP contribution in [0, 0.1) is 13.8 Å². The number of nitrogens with zero attached hydrogens (tertiary/aromatic N) is 4. The van der Waals surface area contributed by atoms with E-state index in [1.54, 1.807) is 29.6 Å². The SMILES string of the molecule is CCOc1ccc(C2/C(=C(\O)c3c(C)nn(C)c3C)C(=O)C(=O)N2CCN2CCCC2)cc1OCC. The largest absolute Gasteiger partial charge is 0.507 e.